The van der Waals surface area contributed by atoms with Crippen LogP contribution in [0.5, 0.6) is 0 Å². The molecule has 1 aromatic rings. The molecule has 1 N–H and O–H groups in total. The average molecular weight is 193 g/mol. The Bertz CT molecular complexity index is 351. The second kappa shape index (κ2) is 5.02. The van der Waals surface area contributed by atoms with Crippen LogP contribution in [0, 0.1) is 11.3 Å². The van der Waals surface area contributed by atoms with Crippen molar-refractivity contribution in [2.24, 2.45) is 0 Å². The maximum absolute atomic E-state index is 10.5. The first kappa shape index (κ1) is 10.3. The van der Waals surface area contributed by atoms with Crippen molar-refractivity contribution in [1.82, 2.24) is 9.78 Å². The van der Waals surface area contributed by atoms with Crippen LogP contribution in [-0.2, 0) is 6.54 Å². The van der Waals surface area contributed by atoms with Crippen molar-refractivity contribution in [3.05, 3.63) is 18.0 Å². The Balaban J connectivity index is 2.37. The Morgan fingerprint density at radius 1 is 1.64 bits per heavy atom. The standard InChI is InChI=1S/C9H11N3O2/c10-4-2-1-3-5-12-7-8(6-11-12)9(13)14/h6-7H,1-3,5H2,(H,13,14). The van der Waals surface area contributed by atoms with Crippen molar-refractivity contribution in [1.29, 1.82) is 5.26 Å². The fraction of sp³-hybridized carbons (Fsp3) is 0.444. The first-order valence-electron chi connectivity index (χ1n) is 4.36. The lowest BCUT2D eigenvalue weighted by Gasteiger charge is -1.97. The van der Waals surface area contributed by atoms with Gasteiger partial charge in [-0.3, -0.25) is 4.68 Å². The topological polar surface area (TPSA) is 78.9 Å². The van der Waals surface area contributed by atoms with E-state index in [1.807, 2.05) is 0 Å². The summed E-state index contributed by atoms with van der Waals surface area (Å²) in [6.07, 6.45) is 5.02. The lowest BCUT2D eigenvalue weighted by Crippen LogP contribution is -1.98. The molecule has 0 aliphatic heterocycles. The predicted octanol–water partition coefficient (Wildman–Crippen LogP) is 1.28. The first-order chi connectivity index (χ1) is 6.74. The Morgan fingerprint density at radius 3 is 3.00 bits per heavy atom. The van der Waals surface area contributed by atoms with Crippen LogP contribution < -0.4 is 0 Å². The molecular formula is C9H11N3O2. The van der Waals surface area contributed by atoms with Crippen LogP contribution in [0.25, 0.3) is 0 Å². The summed E-state index contributed by atoms with van der Waals surface area (Å²) in [4.78, 5) is 10.5. The van der Waals surface area contributed by atoms with Gasteiger partial charge in [0.2, 0.25) is 0 Å². The number of aryl methyl sites for hydroxylation is 1. The van der Waals surface area contributed by atoms with Crippen LogP contribution in [0.2, 0.25) is 0 Å². The number of nitrogens with zero attached hydrogens (tertiary/aromatic N) is 3. The quantitative estimate of drug-likeness (QED) is 0.714. The van der Waals surface area contributed by atoms with Crippen molar-refractivity contribution < 1.29 is 9.90 Å². The van der Waals surface area contributed by atoms with E-state index in [2.05, 4.69) is 11.2 Å². The molecule has 1 aromatic heterocycles. The third-order valence-corrected chi connectivity index (χ3v) is 1.81. The van der Waals surface area contributed by atoms with E-state index in [0.29, 0.717) is 13.0 Å². The number of hydrogen-bond donors (Lipinski definition) is 1. The summed E-state index contributed by atoms with van der Waals surface area (Å²) >= 11 is 0. The third-order valence-electron chi connectivity index (χ3n) is 1.81. The number of carboxylic acids is 1. The van der Waals surface area contributed by atoms with Crippen LogP contribution in [0.3, 0.4) is 0 Å². The van der Waals surface area contributed by atoms with E-state index in [4.69, 9.17) is 10.4 Å². The van der Waals surface area contributed by atoms with Crippen molar-refractivity contribution >= 4 is 5.97 Å². The molecular weight excluding hydrogens is 182 g/mol. The van der Waals surface area contributed by atoms with Crippen LogP contribution in [0.4, 0.5) is 0 Å². The smallest absolute Gasteiger partial charge is 0.338 e. The van der Waals surface area contributed by atoms with Gasteiger partial charge in [0.05, 0.1) is 17.8 Å². The molecule has 0 aliphatic rings. The zero-order valence-corrected chi connectivity index (χ0v) is 7.68. The number of nitriles is 1. The Hall–Kier alpha value is -1.83. The lowest BCUT2D eigenvalue weighted by atomic mass is 10.2. The molecule has 5 heteroatoms. The van der Waals surface area contributed by atoms with Crippen LogP contribution in [0.1, 0.15) is 29.6 Å². The highest BCUT2D eigenvalue weighted by Crippen LogP contribution is 2.01. The van der Waals surface area contributed by atoms with Gasteiger partial charge in [-0.15, -0.1) is 0 Å². The highest BCUT2D eigenvalue weighted by Gasteiger charge is 2.04. The zero-order valence-electron chi connectivity index (χ0n) is 7.68. The zero-order chi connectivity index (χ0) is 10.4. The van der Waals surface area contributed by atoms with Crippen LogP contribution in [-0.4, -0.2) is 20.9 Å². The number of rotatable bonds is 5. The van der Waals surface area contributed by atoms with Crippen molar-refractivity contribution in [2.45, 2.75) is 25.8 Å². The number of carbonyl (C=O) groups is 1. The second-order valence-corrected chi connectivity index (χ2v) is 2.91. The minimum atomic E-state index is -0.965. The van der Waals surface area contributed by atoms with Gasteiger partial charge in [-0.05, 0) is 12.8 Å². The molecule has 0 saturated carbocycles. The number of aromatic nitrogens is 2. The molecule has 0 fully saturated rings. The molecule has 14 heavy (non-hydrogen) atoms. The molecule has 0 aliphatic carbocycles. The normalized spacial score (nSPS) is 9.64. The van der Waals surface area contributed by atoms with Gasteiger partial charge >= 0.3 is 5.97 Å². The fourth-order valence-electron chi connectivity index (χ4n) is 1.07. The summed E-state index contributed by atoms with van der Waals surface area (Å²) in [7, 11) is 0. The van der Waals surface area contributed by atoms with Gasteiger partial charge in [0.15, 0.2) is 0 Å². The molecule has 1 rings (SSSR count). The highest BCUT2D eigenvalue weighted by atomic mass is 16.4. The van der Waals surface area contributed by atoms with Crippen molar-refractivity contribution in [3.63, 3.8) is 0 Å². The maximum Gasteiger partial charge on any atom is 0.338 e. The van der Waals surface area contributed by atoms with Crippen molar-refractivity contribution in [3.8, 4) is 6.07 Å². The Labute approximate surface area is 81.6 Å². The lowest BCUT2D eigenvalue weighted by molar-refractivity contribution is 0.0697. The van der Waals surface area contributed by atoms with Crippen LogP contribution in [0.15, 0.2) is 12.4 Å². The van der Waals surface area contributed by atoms with E-state index in [-0.39, 0.29) is 5.56 Å². The molecule has 1 heterocycles. The largest absolute Gasteiger partial charge is 0.478 e. The van der Waals surface area contributed by atoms with Crippen LogP contribution >= 0.6 is 0 Å². The molecule has 0 saturated heterocycles. The van der Waals surface area contributed by atoms with Gasteiger partial charge in [-0.25, -0.2) is 4.79 Å². The van der Waals surface area contributed by atoms with E-state index in [0.717, 1.165) is 12.8 Å². The van der Waals surface area contributed by atoms with E-state index < -0.39 is 5.97 Å². The summed E-state index contributed by atoms with van der Waals surface area (Å²) in [6.45, 7) is 0.662. The molecule has 5 nitrogen and oxygen atoms in total. The number of unbranched alkanes of at least 4 members (excludes halogenated alkanes) is 2. The predicted molar refractivity (Wildman–Crippen MR) is 48.7 cm³/mol. The molecule has 0 radical (unpaired) electrons. The van der Waals surface area contributed by atoms with Gasteiger partial charge in [0, 0.05) is 19.2 Å². The molecule has 74 valence electrons. The minimum absolute atomic E-state index is 0.199. The van der Waals surface area contributed by atoms with Crippen molar-refractivity contribution in [2.75, 3.05) is 0 Å². The summed E-state index contributed by atoms with van der Waals surface area (Å²) in [6, 6.07) is 2.05. The molecule has 0 unspecified atom stereocenters. The first-order valence-corrected chi connectivity index (χ1v) is 4.36. The highest BCUT2D eigenvalue weighted by molar-refractivity contribution is 5.86. The SMILES string of the molecule is N#CCCCCn1cc(C(=O)O)cn1. The second-order valence-electron chi connectivity index (χ2n) is 2.91. The Kier molecular flexibility index (Phi) is 3.68. The summed E-state index contributed by atoms with van der Waals surface area (Å²) < 4.78 is 1.58. The molecule has 0 atom stereocenters. The number of hydrogen-bond acceptors (Lipinski definition) is 3. The maximum atomic E-state index is 10.5. The van der Waals surface area contributed by atoms with Gasteiger partial charge in [0.1, 0.15) is 0 Å². The van der Waals surface area contributed by atoms with E-state index in [1.54, 1.807) is 4.68 Å². The molecule has 0 amide bonds. The average Bonchev–Trinajstić information content (AvgIpc) is 2.61. The van der Waals surface area contributed by atoms with E-state index >= 15 is 0 Å². The van der Waals surface area contributed by atoms with Gasteiger partial charge in [-0.1, -0.05) is 0 Å². The fourth-order valence-corrected chi connectivity index (χ4v) is 1.07. The molecule has 0 aromatic carbocycles. The number of carboxylic acid groups (broad SMARTS) is 1. The minimum Gasteiger partial charge on any atom is -0.478 e. The summed E-state index contributed by atoms with van der Waals surface area (Å²) in [5.41, 5.74) is 0.199. The molecule has 0 spiro atoms. The van der Waals surface area contributed by atoms with Gasteiger partial charge in [-0.2, -0.15) is 10.4 Å². The number of aromatic carboxylic acids is 1. The van der Waals surface area contributed by atoms with E-state index in [9.17, 15) is 4.79 Å². The third kappa shape index (κ3) is 2.90. The molecule has 0 bridgehead atoms. The monoisotopic (exact) mass is 193 g/mol. The van der Waals surface area contributed by atoms with Gasteiger partial charge < -0.3 is 5.11 Å². The summed E-state index contributed by atoms with van der Waals surface area (Å²) in [5, 5.41) is 20.8. The van der Waals surface area contributed by atoms with E-state index in [1.165, 1.54) is 12.4 Å². The van der Waals surface area contributed by atoms with Gasteiger partial charge in [0.25, 0.3) is 0 Å². The Morgan fingerprint density at radius 2 is 2.43 bits per heavy atom. The summed E-state index contributed by atoms with van der Waals surface area (Å²) in [5.74, 6) is -0.965.